The molecule has 3 nitrogen and oxygen atoms in total. The predicted octanol–water partition coefficient (Wildman–Crippen LogP) is 1.68. The first kappa shape index (κ1) is 9.93. The number of para-hydroxylation sites is 1. The van der Waals surface area contributed by atoms with E-state index < -0.39 is 0 Å². The van der Waals surface area contributed by atoms with Crippen LogP contribution in [0.4, 0.5) is 0 Å². The smallest absolute Gasteiger partial charge is 0.0678 e. The third-order valence-electron chi connectivity index (χ3n) is 2.37. The lowest BCUT2D eigenvalue weighted by Gasteiger charge is -2.07. The first-order valence-corrected chi connectivity index (χ1v) is 5.12. The van der Waals surface area contributed by atoms with Gasteiger partial charge < -0.3 is 5.73 Å². The van der Waals surface area contributed by atoms with Crippen LogP contribution in [0.2, 0.25) is 0 Å². The van der Waals surface area contributed by atoms with Crippen LogP contribution >= 0.6 is 0 Å². The second-order valence-electron chi connectivity index (χ2n) is 3.57. The van der Waals surface area contributed by atoms with E-state index in [9.17, 15) is 0 Å². The quantitative estimate of drug-likeness (QED) is 0.821. The average Bonchev–Trinajstić information content (AvgIpc) is 2.66. The number of hydrogen-bond acceptors (Lipinski definition) is 2. The first-order chi connectivity index (χ1) is 7.31. The third-order valence-corrected chi connectivity index (χ3v) is 2.37. The number of benzene rings is 1. The summed E-state index contributed by atoms with van der Waals surface area (Å²) in [7, 11) is 0. The summed E-state index contributed by atoms with van der Waals surface area (Å²) in [5, 5.41) is 4.40. The molecule has 1 aromatic heterocycles. The van der Waals surface area contributed by atoms with Crippen LogP contribution in [0.25, 0.3) is 5.69 Å². The van der Waals surface area contributed by atoms with Gasteiger partial charge in [0, 0.05) is 6.20 Å². The van der Waals surface area contributed by atoms with Gasteiger partial charge in [-0.3, -0.25) is 0 Å². The Kier molecular flexibility index (Phi) is 2.83. The monoisotopic (exact) mass is 201 g/mol. The minimum Gasteiger partial charge on any atom is -0.330 e. The SMILES string of the molecule is Cc1ccn(-c2ccccc2CCN)n1. The van der Waals surface area contributed by atoms with Gasteiger partial charge in [0.15, 0.2) is 0 Å². The molecule has 0 atom stereocenters. The number of nitrogens with zero attached hydrogens (tertiary/aromatic N) is 2. The fraction of sp³-hybridized carbons (Fsp3) is 0.250. The highest BCUT2D eigenvalue weighted by Gasteiger charge is 2.03. The molecule has 0 aliphatic carbocycles. The van der Waals surface area contributed by atoms with Crippen LogP contribution in [-0.4, -0.2) is 16.3 Å². The molecule has 2 N–H and O–H groups in total. The fourth-order valence-corrected chi connectivity index (χ4v) is 1.65. The number of aromatic nitrogens is 2. The van der Waals surface area contributed by atoms with E-state index >= 15 is 0 Å². The summed E-state index contributed by atoms with van der Waals surface area (Å²) in [6, 6.07) is 10.2. The van der Waals surface area contributed by atoms with Crippen LogP contribution in [0.5, 0.6) is 0 Å². The molecule has 0 aliphatic rings. The van der Waals surface area contributed by atoms with Crippen LogP contribution < -0.4 is 5.73 Å². The lowest BCUT2D eigenvalue weighted by atomic mass is 10.1. The Hall–Kier alpha value is -1.61. The Bertz CT molecular complexity index is 446. The molecule has 1 aromatic carbocycles. The highest BCUT2D eigenvalue weighted by Crippen LogP contribution is 2.14. The van der Waals surface area contributed by atoms with E-state index in [1.54, 1.807) is 0 Å². The molecule has 0 fully saturated rings. The number of nitrogens with two attached hydrogens (primary N) is 1. The fourth-order valence-electron chi connectivity index (χ4n) is 1.65. The Morgan fingerprint density at radius 3 is 2.73 bits per heavy atom. The zero-order valence-corrected chi connectivity index (χ0v) is 8.85. The highest BCUT2D eigenvalue weighted by molar-refractivity contribution is 5.40. The maximum atomic E-state index is 5.58. The van der Waals surface area contributed by atoms with Gasteiger partial charge in [-0.05, 0) is 37.6 Å². The van der Waals surface area contributed by atoms with Crippen LogP contribution in [0.3, 0.4) is 0 Å². The van der Waals surface area contributed by atoms with Crippen LogP contribution in [0.15, 0.2) is 36.5 Å². The van der Waals surface area contributed by atoms with Gasteiger partial charge in [0.1, 0.15) is 0 Å². The molecule has 0 radical (unpaired) electrons. The minimum absolute atomic E-state index is 0.664. The van der Waals surface area contributed by atoms with E-state index in [1.165, 1.54) is 5.56 Å². The molecular formula is C12H15N3. The summed E-state index contributed by atoms with van der Waals surface area (Å²) in [4.78, 5) is 0. The van der Waals surface area contributed by atoms with Gasteiger partial charge in [-0.1, -0.05) is 18.2 Å². The molecule has 0 amide bonds. The van der Waals surface area contributed by atoms with E-state index in [1.807, 2.05) is 36.0 Å². The molecule has 15 heavy (non-hydrogen) atoms. The summed E-state index contributed by atoms with van der Waals surface area (Å²) in [5.74, 6) is 0. The van der Waals surface area contributed by atoms with E-state index in [-0.39, 0.29) is 0 Å². The topological polar surface area (TPSA) is 43.8 Å². The molecule has 1 heterocycles. The van der Waals surface area contributed by atoms with Gasteiger partial charge in [0.25, 0.3) is 0 Å². The molecule has 0 spiro atoms. The number of aryl methyl sites for hydroxylation is 1. The molecule has 3 heteroatoms. The van der Waals surface area contributed by atoms with Gasteiger partial charge in [-0.15, -0.1) is 0 Å². The predicted molar refractivity (Wildman–Crippen MR) is 61.1 cm³/mol. The molecule has 0 saturated heterocycles. The van der Waals surface area contributed by atoms with Crippen molar-refractivity contribution in [1.82, 2.24) is 9.78 Å². The summed E-state index contributed by atoms with van der Waals surface area (Å²) in [5.41, 5.74) is 8.97. The highest BCUT2D eigenvalue weighted by atomic mass is 15.3. The van der Waals surface area contributed by atoms with Gasteiger partial charge in [-0.2, -0.15) is 5.10 Å². The maximum Gasteiger partial charge on any atom is 0.0678 e. The van der Waals surface area contributed by atoms with Crippen molar-refractivity contribution < 1.29 is 0 Å². The molecular weight excluding hydrogens is 186 g/mol. The lowest BCUT2D eigenvalue weighted by molar-refractivity contribution is 0.838. The summed E-state index contributed by atoms with van der Waals surface area (Å²) < 4.78 is 1.90. The van der Waals surface area contributed by atoms with E-state index in [4.69, 9.17) is 5.73 Å². The van der Waals surface area contributed by atoms with Crippen LogP contribution in [0.1, 0.15) is 11.3 Å². The van der Waals surface area contributed by atoms with Crippen molar-refractivity contribution >= 4 is 0 Å². The molecule has 0 unspecified atom stereocenters. The van der Waals surface area contributed by atoms with Gasteiger partial charge >= 0.3 is 0 Å². The third kappa shape index (κ3) is 2.07. The van der Waals surface area contributed by atoms with Gasteiger partial charge in [0.05, 0.1) is 11.4 Å². The maximum absolute atomic E-state index is 5.58. The van der Waals surface area contributed by atoms with Crippen molar-refractivity contribution in [2.45, 2.75) is 13.3 Å². The molecule has 0 aliphatic heterocycles. The van der Waals surface area contributed by atoms with E-state index in [0.29, 0.717) is 6.54 Å². The molecule has 2 rings (SSSR count). The van der Waals surface area contributed by atoms with Crippen LogP contribution in [0, 0.1) is 6.92 Å². The van der Waals surface area contributed by atoms with Crippen molar-refractivity contribution in [3.05, 3.63) is 47.8 Å². The normalized spacial score (nSPS) is 10.5. The Morgan fingerprint density at radius 2 is 2.07 bits per heavy atom. The van der Waals surface area contributed by atoms with E-state index in [0.717, 1.165) is 17.8 Å². The zero-order valence-electron chi connectivity index (χ0n) is 8.85. The summed E-state index contributed by atoms with van der Waals surface area (Å²) in [6.07, 6.45) is 2.86. The average molecular weight is 201 g/mol. The Balaban J connectivity index is 2.42. The summed E-state index contributed by atoms with van der Waals surface area (Å²) in [6.45, 7) is 2.65. The van der Waals surface area contributed by atoms with Crippen molar-refractivity contribution in [3.8, 4) is 5.69 Å². The zero-order chi connectivity index (χ0) is 10.7. The van der Waals surface area contributed by atoms with E-state index in [2.05, 4.69) is 17.2 Å². The molecule has 0 saturated carbocycles. The summed E-state index contributed by atoms with van der Waals surface area (Å²) >= 11 is 0. The Labute approximate surface area is 89.5 Å². The largest absolute Gasteiger partial charge is 0.330 e. The van der Waals surface area contributed by atoms with Crippen molar-refractivity contribution in [2.24, 2.45) is 5.73 Å². The second kappa shape index (κ2) is 4.28. The number of hydrogen-bond donors (Lipinski definition) is 1. The molecule has 0 bridgehead atoms. The van der Waals surface area contributed by atoms with Crippen molar-refractivity contribution in [1.29, 1.82) is 0 Å². The lowest BCUT2D eigenvalue weighted by Crippen LogP contribution is -2.07. The van der Waals surface area contributed by atoms with Crippen molar-refractivity contribution in [3.63, 3.8) is 0 Å². The van der Waals surface area contributed by atoms with Crippen molar-refractivity contribution in [2.75, 3.05) is 6.54 Å². The van der Waals surface area contributed by atoms with Crippen LogP contribution in [-0.2, 0) is 6.42 Å². The van der Waals surface area contributed by atoms with Gasteiger partial charge in [-0.25, -0.2) is 4.68 Å². The van der Waals surface area contributed by atoms with Gasteiger partial charge in [0.2, 0.25) is 0 Å². The molecule has 2 aromatic rings. The minimum atomic E-state index is 0.664. The Morgan fingerprint density at radius 1 is 1.27 bits per heavy atom. The second-order valence-corrected chi connectivity index (χ2v) is 3.57. The molecule has 78 valence electrons. The first-order valence-electron chi connectivity index (χ1n) is 5.12. The number of rotatable bonds is 3. The standard InChI is InChI=1S/C12H15N3/c1-10-7-9-15(14-10)12-5-3-2-4-11(12)6-8-13/h2-5,7,9H,6,8,13H2,1H3.